The number of esters is 1. The Kier molecular flexibility index (Phi) is 7.91. The number of anilines is 1. The van der Waals surface area contributed by atoms with Crippen molar-refractivity contribution >= 4 is 23.5 Å². The second-order valence-electron chi connectivity index (χ2n) is 5.85. The highest BCUT2D eigenvalue weighted by atomic mass is 16.5. The minimum atomic E-state index is -0.481. The molecular formula is C17H26N3O4+. The molecule has 24 heavy (non-hydrogen) atoms. The van der Waals surface area contributed by atoms with Crippen LogP contribution >= 0.6 is 0 Å². The molecule has 0 spiro atoms. The quantitative estimate of drug-likeness (QED) is 0.576. The molecule has 7 heteroatoms. The van der Waals surface area contributed by atoms with Gasteiger partial charge in [0.05, 0.1) is 24.9 Å². The zero-order valence-electron chi connectivity index (χ0n) is 14.6. The predicted molar refractivity (Wildman–Crippen MR) is 90.9 cm³/mol. The topological polar surface area (TPSA) is 88.9 Å². The first-order valence-electron chi connectivity index (χ1n) is 8.00. The minimum absolute atomic E-state index is 0.0654. The molecule has 1 rings (SSSR count). The van der Waals surface area contributed by atoms with Crippen molar-refractivity contribution in [2.75, 3.05) is 32.1 Å². The first-order chi connectivity index (χ1) is 11.3. The van der Waals surface area contributed by atoms with E-state index in [1.54, 1.807) is 38.2 Å². The summed E-state index contributed by atoms with van der Waals surface area (Å²) in [7, 11) is 1.76. The average molecular weight is 336 g/mol. The number of carbonyl (C=O) groups excluding carboxylic acids is 3. The van der Waals surface area contributed by atoms with Gasteiger partial charge in [0.2, 0.25) is 0 Å². The summed E-state index contributed by atoms with van der Waals surface area (Å²) in [5.41, 5.74) is 0.711. The lowest BCUT2D eigenvalue weighted by Crippen LogP contribution is -3.11. The number of carbonyl (C=O) groups is 3. The molecule has 0 aliphatic heterocycles. The number of quaternary nitrogens is 1. The van der Waals surface area contributed by atoms with Crippen LogP contribution in [-0.4, -0.2) is 50.6 Å². The number of nitrogens with one attached hydrogen (secondary N) is 3. The van der Waals surface area contributed by atoms with Crippen molar-refractivity contribution in [3.05, 3.63) is 29.8 Å². The van der Waals surface area contributed by atoms with E-state index in [9.17, 15) is 14.4 Å². The second-order valence-corrected chi connectivity index (χ2v) is 5.85. The van der Waals surface area contributed by atoms with Crippen LogP contribution in [0.5, 0.6) is 0 Å². The van der Waals surface area contributed by atoms with Crippen molar-refractivity contribution < 1.29 is 24.0 Å². The van der Waals surface area contributed by atoms with Gasteiger partial charge >= 0.3 is 5.97 Å². The molecule has 0 bridgehead atoms. The van der Waals surface area contributed by atoms with Crippen LogP contribution in [0.1, 0.15) is 31.1 Å². The molecule has 0 aliphatic carbocycles. The smallest absolute Gasteiger partial charge is 0.340 e. The standard InChI is InChI=1S/C17H25N3O4/c1-5-24-17(23)13-8-6-7-9-14(13)19-16(22)11-20(4)10-15(21)18-12(2)3/h6-9,12H,5,10-11H2,1-4H3,(H,18,21)(H,19,22)/p+1. The summed E-state index contributed by atoms with van der Waals surface area (Å²) >= 11 is 0. The molecular weight excluding hydrogens is 310 g/mol. The first-order valence-corrected chi connectivity index (χ1v) is 8.00. The molecule has 1 unspecified atom stereocenters. The Bertz CT molecular complexity index is 587. The lowest BCUT2D eigenvalue weighted by molar-refractivity contribution is -0.862. The van der Waals surface area contributed by atoms with Gasteiger partial charge in [0.15, 0.2) is 13.1 Å². The molecule has 1 aromatic rings. The van der Waals surface area contributed by atoms with Crippen LogP contribution in [0, 0.1) is 0 Å². The van der Waals surface area contributed by atoms with Crippen LogP contribution in [0.25, 0.3) is 0 Å². The van der Waals surface area contributed by atoms with Gasteiger partial charge in [-0.3, -0.25) is 9.59 Å². The molecule has 0 saturated heterocycles. The SMILES string of the molecule is CCOC(=O)c1ccccc1NC(=O)C[NH+](C)CC(=O)NC(C)C. The highest BCUT2D eigenvalue weighted by molar-refractivity contribution is 6.01. The van der Waals surface area contributed by atoms with Gasteiger partial charge in [-0.05, 0) is 32.9 Å². The molecule has 132 valence electrons. The summed E-state index contributed by atoms with van der Waals surface area (Å²) in [6.07, 6.45) is 0. The third kappa shape index (κ3) is 6.78. The maximum atomic E-state index is 12.1. The first kappa shape index (κ1) is 19.6. The van der Waals surface area contributed by atoms with E-state index in [4.69, 9.17) is 4.74 Å². The zero-order chi connectivity index (χ0) is 18.1. The van der Waals surface area contributed by atoms with Crippen LogP contribution in [-0.2, 0) is 14.3 Å². The highest BCUT2D eigenvalue weighted by Crippen LogP contribution is 2.15. The molecule has 0 fully saturated rings. The lowest BCUT2D eigenvalue weighted by atomic mass is 10.2. The molecule has 0 radical (unpaired) electrons. The molecule has 0 saturated carbocycles. The van der Waals surface area contributed by atoms with Crippen molar-refractivity contribution in [3.8, 4) is 0 Å². The van der Waals surface area contributed by atoms with E-state index in [2.05, 4.69) is 10.6 Å². The van der Waals surface area contributed by atoms with E-state index >= 15 is 0 Å². The Labute approximate surface area is 142 Å². The van der Waals surface area contributed by atoms with Crippen LogP contribution in [0.3, 0.4) is 0 Å². The monoisotopic (exact) mass is 336 g/mol. The zero-order valence-corrected chi connectivity index (χ0v) is 14.6. The summed E-state index contributed by atoms with van der Waals surface area (Å²) in [4.78, 5) is 36.5. The summed E-state index contributed by atoms with van der Waals surface area (Å²) in [5, 5.41) is 5.48. The van der Waals surface area contributed by atoms with Gasteiger partial charge in [0, 0.05) is 6.04 Å². The Balaban J connectivity index is 2.62. The summed E-state index contributed by atoms with van der Waals surface area (Å²) in [6, 6.07) is 6.74. The third-order valence-corrected chi connectivity index (χ3v) is 3.07. The minimum Gasteiger partial charge on any atom is -0.462 e. The summed E-state index contributed by atoms with van der Waals surface area (Å²) < 4.78 is 4.97. The van der Waals surface area contributed by atoms with E-state index in [1.807, 2.05) is 13.8 Å². The number of rotatable bonds is 8. The van der Waals surface area contributed by atoms with Crippen LogP contribution < -0.4 is 15.5 Å². The normalized spacial score (nSPS) is 11.7. The molecule has 1 aromatic carbocycles. The van der Waals surface area contributed by atoms with Gasteiger partial charge in [-0.1, -0.05) is 12.1 Å². The van der Waals surface area contributed by atoms with Crippen LogP contribution in [0.4, 0.5) is 5.69 Å². The van der Waals surface area contributed by atoms with E-state index in [0.717, 1.165) is 4.90 Å². The Morgan fingerprint density at radius 1 is 1.12 bits per heavy atom. The lowest BCUT2D eigenvalue weighted by Gasteiger charge is -2.15. The van der Waals surface area contributed by atoms with Gasteiger partial charge in [0.1, 0.15) is 0 Å². The van der Waals surface area contributed by atoms with Crippen molar-refractivity contribution in [2.45, 2.75) is 26.8 Å². The number of amides is 2. The number of ether oxygens (including phenoxy) is 1. The van der Waals surface area contributed by atoms with Crippen LogP contribution in [0.2, 0.25) is 0 Å². The molecule has 7 nitrogen and oxygen atoms in total. The molecule has 0 heterocycles. The van der Waals surface area contributed by atoms with Crippen molar-refractivity contribution in [1.29, 1.82) is 0 Å². The molecule has 1 atom stereocenters. The molecule has 3 N–H and O–H groups in total. The van der Waals surface area contributed by atoms with Crippen molar-refractivity contribution in [3.63, 3.8) is 0 Å². The fourth-order valence-corrected chi connectivity index (χ4v) is 2.16. The van der Waals surface area contributed by atoms with Crippen molar-refractivity contribution in [2.24, 2.45) is 0 Å². The Morgan fingerprint density at radius 3 is 2.38 bits per heavy atom. The largest absolute Gasteiger partial charge is 0.462 e. The van der Waals surface area contributed by atoms with Gasteiger partial charge in [-0.15, -0.1) is 0 Å². The Morgan fingerprint density at radius 2 is 1.75 bits per heavy atom. The highest BCUT2D eigenvalue weighted by Gasteiger charge is 2.17. The maximum Gasteiger partial charge on any atom is 0.340 e. The number of hydrogen-bond acceptors (Lipinski definition) is 4. The molecule has 2 amide bonds. The fourth-order valence-electron chi connectivity index (χ4n) is 2.16. The van der Waals surface area contributed by atoms with E-state index in [1.165, 1.54) is 0 Å². The van der Waals surface area contributed by atoms with Crippen LogP contribution in [0.15, 0.2) is 24.3 Å². The van der Waals surface area contributed by atoms with E-state index in [0.29, 0.717) is 11.3 Å². The third-order valence-electron chi connectivity index (χ3n) is 3.07. The summed E-state index contributed by atoms with van der Waals surface area (Å²) in [6.45, 7) is 6.06. The Hall–Kier alpha value is -2.41. The van der Waals surface area contributed by atoms with E-state index in [-0.39, 0.29) is 37.6 Å². The maximum absolute atomic E-state index is 12.1. The predicted octanol–water partition coefficient (Wildman–Crippen LogP) is -0.159. The number of likely N-dealkylation sites (N-methyl/N-ethyl adjacent to an activating group) is 1. The second kappa shape index (κ2) is 9.67. The summed E-state index contributed by atoms with van der Waals surface area (Å²) in [5.74, 6) is -0.866. The average Bonchev–Trinajstić information content (AvgIpc) is 2.46. The number of benzene rings is 1. The fraction of sp³-hybridized carbons (Fsp3) is 0.471. The van der Waals surface area contributed by atoms with Gasteiger partial charge < -0.3 is 20.3 Å². The van der Waals surface area contributed by atoms with Crippen molar-refractivity contribution in [1.82, 2.24) is 5.32 Å². The molecule has 0 aromatic heterocycles. The van der Waals surface area contributed by atoms with Gasteiger partial charge in [0.25, 0.3) is 11.8 Å². The number of para-hydroxylation sites is 1. The molecule has 0 aliphatic rings. The van der Waals surface area contributed by atoms with E-state index < -0.39 is 5.97 Å². The number of hydrogen-bond donors (Lipinski definition) is 3. The van der Waals surface area contributed by atoms with Gasteiger partial charge in [-0.2, -0.15) is 0 Å². The van der Waals surface area contributed by atoms with Gasteiger partial charge in [-0.25, -0.2) is 4.79 Å².